The molecule has 0 N–H and O–H groups in total. The molecule has 22 heavy (non-hydrogen) atoms. The molecule has 122 valence electrons. The number of hydrogen-bond acceptors (Lipinski definition) is 3. The quantitative estimate of drug-likeness (QED) is 0.805. The van der Waals surface area contributed by atoms with Gasteiger partial charge in [-0.3, -0.25) is 9.69 Å². The van der Waals surface area contributed by atoms with Crippen LogP contribution in [0.1, 0.15) is 19.8 Å². The molecule has 0 spiro atoms. The molecule has 1 aromatic rings. The third kappa shape index (κ3) is 4.89. The SMILES string of the molecule is CCCCN(C)C(=O)CN1CCN(c2cccc(Cl)c2)CC1. The maximum Gasteiger partial charge on any atom is 0.236 e. The first-order chi connectivity index (χ1) is 10.6. The van der Waals surface area contributed by atoms with E-state index in [4.69, 9.17) is 11.6 Å². The van der Waals surface area contributed by atoms with Crippen LogP contribution in [-0.4, -0.2) is 62.0 Å². The zero-order valence-corrected chi connectivity index (χ0v) is 14.4. The van der Waals surface area contributed by atoms with Crippen LogP contribution in [0.3, 0.4) is 0 Å². The van der Waals surface area contributed by atoms with Gasteiger partial charge >= 0.3 is 0 Å². The van der Waals surface area contributed by atoms with Crippen molar-refractivity contribution in [2.75, 3.05) is 51.2 Å². The van der Waals surface area contributed by atoms with Crippen molar-refractivity contribution in [3.05, 3.63) is 29.3 Å². The summed E-state index contributed by atoms with van der Waals surface area (Å²) in [4.78, 5) is 18.6. The van der Waals surface area contributed by atoms with Crippen LogP contribution in [0.25, 0.3) is 0 Å². The van der Waals surface area contributed by atoms with Crippen molar-refractivity contribution in [2.24, 2.45) is 0 Å². The molecule has 0 unspecified atom stereocenters. The zero-order chi connectivity index (χ0) is 15.9. The van der Waals surface area contributed by atoms with Crippen molar-refractivity contribution in [3.8, 4) is 0 Å². The van der Waals surface area contributed by atoms with E-state index in [-0.39, 0.29) is 5.91 Å². The molecule has 0 bridgehead atoms. The average Bonchev–Trinajstić information content (AvgIpc) is 2.53. The van der Waals surface area contributed by atoms with Crippen molar-refractivity contribution in [1.82, 2.24) is 9.80 Å². The van der Waals surface area contributed by atoms with Crippen LogP contribution in [0.4, 0.5) is 5.69 Å². The number of carbonyl (C=O) groups excluding carboxylic acids is 1. The Bertz CT molecular complexity index is 487. The molecule has 0 aliphatic carbocycles. The minimum absolute atomic E-state index is 0.227. The molecule has 0 radical (unpaired) electrons. The number of nitrogens with zero attached hydrogens (tertiary/aromatic N) is 3. The normalized spacial score (nSPS) is 15.9. The topological polar surface area (TPSA) is 26.8 Å². The summed E-state index contributed by atoms with van der Waals surface area (Å²) < 4.78 is 0. The van der Waals surface area contributed by atoms with Crippen molar-refractivity contribution < 1.29 is 4.79 Å². The van der Waals surface area contributed by atoms with Gasteiger partial charge in [0.05, 0.1) is 6.54 Å². The zero-order valence-electron chi connectivity index (χ0n) is 13.6. The molecule has 1 heterocycles. The van der Waals surface area contributed by atoms with E-state index in [1.807, 2.05) is 30.1 Å². The highest BCUT2D eigenvalue weighted by Crippen LogP contribution is 2.20. The average molecular weight is 324 g/mol. The van der Waals surface area contributed by atoms with Gasteiger partial charge < -0.3 is 9.80 Å². The van der Waals surface area contributed by atoms with Crippen molar-refractivity contribution in [2.45, 2.75) is 19.8 Å². The number of rotatable bonds is 6. The Morgan fingerprint density at radius 2 is 2.00 bits per heavy atom. The smallest absolute Gasteiger partial charge is 0.236 e. The minimum atomic E-state index is 0.227. The molecule has 1 saturated heterocycles. The van der Waals surface area contributed by atoms with E-state index in [1.54, 1.807) is 0 Å². The Morgan fingerprint density at radius 3 is 2.64 bits per heavy atom. The van der Waals surface area contributed by atoms with E-state index in [0.29, 0.717) is 6.54 Å². The van der Waals surface area contributed by atoms with E-state index in [0.717, 1.165) is 50.6 Å². The fraction of sp³-hybridized carbons (Fsp3) is 0.588. The number of piperazine rings is 1. The largest absolute Gasteiger partial charge is 0.369 e. The second-order valence-corrected chi connectivity index (χ2v) is 6.35. The molecular weight excluding hydrogens is 298 g/mol. The van der Waals surface area contributed by atoms with E-state index in [2.05, 4.69) is 22.8 Å². The highest BCUT2D eigenvalue weighted by Gasteiger charge is 2.20. The van der Waals surface area contributed by atoms with Gasteiger partial charge in [0.25, 0.3) is 0 Å². The van der Waals surface area contributed by atoms with Gasteiger partial charge in [0.2, 0.25) is 5.91 Å². The number of carbonyl (C=O) groups is 1. The van der Waals surface area contributed by atoms with Gasteiger partial charge in [0.1, 0.15) is 0 Å². The Labute approximate surface area is 138 Å². The molecule has 5 heteroatoms. The molecular formula is C17H26ClN3O. The summed E-state index contributed by atoms with van der Waals surface area (Å²) in [5, 5.41) is 0.771. The highest BCUT2D eigenvalue weighted by molar-refractivity contribution is 6.30. The first kappa shape index (κ1) is 17.1. The second kappa shape index (κ2) is 8.39. The summed E-state index contributed by atoms with van der Waals surface area (Å²) in [6.07, 6.45) is 2.20. The maximum absolute atomic E-state index is 12.2. The number of hydrogen-bond donors (Lipinski definition) is 0. The summed E-state index contributed by atoms with van der Waals surface area (Å²) in [6.45, 7) is 7.24. The fourth-order valence-electron chi connectivity index (χ4n) is 2.67. The van der Waals surface area contributed by atoms with Crippen molar-refractivity contribution >= 4 is 23.2 Å². The summed E-state index contributed by atoms with van der Waals surface area (Å²) in [7, 11) is 1.90. The Kier molecular flexibility index (Phi) is 6.52. The van der Waals surface area contributed by atoms with Crippen molar-refractivity contribution in [3.63, 3.8) is 0 Å². The second-order valence-electron chi connectivity index (χ2n) is 5.91. The Balaban J connectivity index is 1.78. The number of halogens is 1. The van der Waals surface area contributed by atoms with E-state index in [9.17, 15) is 4.79 Å². The number of likely N-dealkylation sites (N-methyl/N-ethyl adjacent to an activating group) is 1. The van der Waals surface area contributed by atoms with Crippen LogP contribution in [0, 0.1) is 0 Å². The first-order valence-electron chi connectivity index (χ1n) is 8.07. The van der Waals surface area contributed by atoms with Crippen LogP contribution < -0.4 is 4.90 Å². The lowest BCUT2D eigenvalue weighted by molar-refractivity contribution is -0.131. The molecule has 1 aliphatic heterocycles. The lowest BCUT2D eigenvalue weighted by atomic mass is 10.2. The third-order valence-electron chi connectivity index (χ3n) is 4.18. The molecule has 1 fully saturated rings. The number of amides is 1. The Hall–Kier alpha value is -1.26. The molecule has 1 amide bonds. The summed E-state index contributed by atoms with van der Waals surface area (Å²) in [5.41, 5.74) is 1.17. The fourth-order valence-corrected chi connectivity index (χ4v) is 2.85. The van der Waals surface area contributed by atoms with Gasteiger partial charge in [0, 0.05) is 50.5 Å². The molecule has 1 aliphatic rings. The predicted octanol–water partition coefficient (Wildman–Crippen LogP) is 2.72. The molecule has 0 aromatic heterocycles. The maximum atomic E-state index is 12.2. The van der Waals surface area contributed by atoms with Crippen LogP contribution in [0.2, 0.25) is 5.02 Å². The minimum Gasteiger partial charge on any atom is -0.369 e. The van der Waals surface area contributed by atoms with Crippen LogP contribution in [0.15, 0.2) is 24.3 Å². The van der Waals surface area contributed by atoms with E-state index in [1.165, 1.54) is 5.69 Å². The van der Waals surface area contributed by atoms with Gasteiger partial charge in [-0.25, -0.2) is 0 Å². The van der Waals surface area contributed by atoms with Gasteiger partial charge in [0.15, 0.2) is 0 Å². The summed E-state index contributed by atoms with van der Waals surface area (Å²) >= 11 is 6.05. The van der Waals surface area contributed by atoms with Crippen molar-refractivity contribution in [1.29, 1.82) is 0 Å². The van der Waals surface area contributed by atoms with Gasteiger partial charge in [-0.15, -0.1) is 0 Å². The predicted molar refractivity (Wildman–Crippen MR) is 92.7 cm³/mol. The van der Waals surface area contributed by atoms with Gasteiger partial charge in [-0.1, -0.05) is 31.0 Å². The number of benzene rings is 1. The molecule has 4 nitrogen and oxygen atoms in total. The van der Waals surface area contributed by atoms with E-state index >= 15 is 0 Å². The summed E-state index contributed by atoms with van der Waals surface area (Å²) in [6, 6.07) is 7.97. The standard InChI is InChI=1S/C17H26ClN3O/c1-3-4-8-19(2)17(22)14-20-9-11-21(12-10-20)16-7-5-6-15(18)13-16/h5-7,13H,3-4,8-12,14H2,1-2H3. The van der Waals surface area contributed by atoms with Crippen LogP contribution >= 0.6 is 11.6 Å². The Morgan fingerprint density at radius 1 is 1.27 bits per heavy atom. The number of anilines is 1. The van der Waals surface area contributed by atoms with Gasteiger partial charge in [-0.05, 0) is 24.6 Å². The van der Waals surface area contributed by atoms with Crippen LogP contribution in [-0.2, 0) is 4.79 Å². The molecule has 0 saturated carbocycles. The lowest BCUT2D eigenvalue weighted by Crippen LogP contribution is -2.49. The summed E-state index contributed by atoms with van der Waals surface area (Å²) in [5.74, 6) is 0.227. The third-order valence-corrected chi connectivity index (χ3v) is 4.41. The highest BCUT2D eigenvalue weighted by atomic mass is 35.5. The van der Waals surface area contributed by atoms with E-state index < -0.39 is 0 Å². The monoisotopic (exact) mass is 323 g/mol. The number of unbranched alkanes of at least 4 members (excludes halogenated alkanes) is 1. The van der Waals surface area contributed by atoms with Crippen LogP contribution in [0.5, 0.6) is 0 Å². The van der Waals surface area contributed by atoms with Gasteiger partial charge in [-0.2, -0.15) is 0 Å². The lowest BCUT2D eigenvalue weighted by Gasteiger charge is -2.36. The molecule has 1 aromatic carbocycles. The molecule has 0 atom stereocenters. The molecule has 2 rings (SSSR count). The first-order valence-corrected chi connectivity index (χ1v) is 8.44.